The van der Waals surface area contributed by atoms with E-state index in [1.807, 2.05) is 7.05 Å². The average molecular weight is 389 g/mol. The summed E-state index contributed by atoms with van der Waals surface area (Å²) in [5.41, 5.74) is 2.05. The second kappa shape index (κ2) is 6.93. The third-order valence-electron chi connectivity index (χ3n) is 6.33. The molecule has 144 valence electrons. The van der Waals surface area contributed by atoms with Gasteiger partial charge in [-0.1, -0.05) is 24.9 Å². The summed E-state index contributed by atoms with van der Waals surface area (Å²) in [5.74, 6) is 0.457. The third-order valence-corrected chi connectivity index (χ3v) is 6.71. The van der Waals surface area contributed by atoms with Crippen molar-refractivity contribution in [3.05, 3.63) is 22.5 Å². The Hall–Kier alpha value is -1.88. The fourth-order valence-corrected chi connectivity index (χ4v) is 4.71. The SMILES string of the molecule is CCC1(c2c(C#N)c(Cl)c3cnc(NC4CCN(C)CC4O)nn23)CCC1. The van der Waals surface area contributed by atoms with Gasteiger partial charge >= 0.3 is 0 Å². The molecular formula is C19H25ClN6O. The van der Waals surface area contributed by atoms with Crippen molar-refractivity contribution in [1.29, 1.82) is 5.26 Å². The van der Waals surface area contributed by atoms with Crippen molar-refractivity contribution in [2.24, 2.45) is 0 Å². The van der Waals surface area contributed by atoms with Crippen LogP contribution in [0.3, 0.4) is 0 Å². The number of nitrogens with zero attached hydrogens (tertiary/aromatic N) is 5. The standard InChI is InChI=1S/C19H25ClN6O/c1-3-19(6-4-7-19)17-12(9-21)16(20)14-10-22-18(24-26(14)17)23-13-5-8-25(2)11-15(13)27/h10,13,15,27H,3-8,11H2,1-2H3,(H,23,24). The highest BCUT2D eigenvalue weighted by Gasteiger charge is 2.42. The molecule has 1 saturated carbocycles. The number of anilines is 1. The zero-order valence-corrected chi connectivity index (χ0v) is 16.5. The molecule has 0 radical (unpaired) electrons. The Morgan fingerprint density at radius 2 is 2.26 bits per heavy atom. The first kappa shape index (κ1) is 18.5. The van der Waals surface area contributed by atoms with Crippen molar-refractivity contribution in [2.45, 2.75) is 56.6 Å². The van der Waals surface area contributed by atoms with E-state index in [2.05, 4.69) is 33.3 Å². The van der Waals surface area contributed by atoms with Crippen molar-refractivity contribution in [2.75, 3.05) is 25.5 Å². The van der Waals surface area contributed by atoms with Gasteiger partial charge in [0.25, 0.3) is 0 Å². The molecule has 2 aromatic rings. The molecule has 0 bridgehead atoms. The minimum atomic E-state index is -0.473. The van der Waals surface area contributed by atoms with Crippen molar-refractivity contribution in [3.8, 4) is 6.07 Å². The van der Waals surface area contributed by atoms with Crippen molar-refractivity contribution >= 4 is 23.1 Å². The van der Waals surface area contributed by atoms with Crippen LogP contribution < -0.4 is 5.32 Å². The molecule has 8 heteroatoms. The number of likely N-dealkylation sites (N-methyl/N-ethyl adjacent to an activating group) is 1. The fourth-order valence-electron chi connectivity index (χ4n) is 4.45. The molecule has 3 heterocycles. The molecule has 2 unspecified atom stereocenters. The second-order valence-electron chi connectivity index (χ2n) is 7.88. The number of aliphatic hydroxyl groups is 1. The first-order chi connectivity index (χ1) is 13.0. The number of aromatic nitrogens is 3. The minimum Gasteiger partial charge on any atom is -0.390 e. The van der Waals surface area contributed by atoms with E-state index in [0.717, 1.165) is 44.3 Å². The number of nitrogens with one attached hydrogen (secondary N) is 1. The lowest BCUT2D eigenvalue weighted by atomic mass is 9.64. The van der Waals surface area contributed by atoms with Gasteiger partial charge in [-0.15, -0.1) is 5.10 Å². The number of rotatable bonds is 4. The smallest absolute Gasteiger partial charge is 0.241 e. The van der Waals surface area contributed by atoms with Gasteiger partial charge in [0.05, 0.1) is 34.6 Å². The Bertz CT molecular complexity index is 894. The number of aliphatic hydroxyl groups excluding tert-OH is 1. The van der Waals surface area contributed by atoms with Gasteiger partial charge in [0.2, 0.25) is 5.95 Å². The molecule has 1 aliphatic carbocycles. The molecule has 7 nitrogen and oxygen atoms in total. The van der Waals surface area contributed by atoms with Gasteiger partial charge in [0.15, 0.2) is 0 Å². The maximum atomic E-state index is 10.3. The highest BCUT2D eigenvalue weighted by molar-refractivity contribution is 6.35. The Morgan fingerprint density at radius 3 is 2.85 bits per heavy atom. The molecule has 0 aromatic carbocycles. The largest absolute Gasteiger partial charge is 0.390 e. The first-order valence-electron chi connectivity index (χ1n) is 9.60. The first-order valence-corrected chi connectivity index (χ1v) is 9.98. The Labute approximate surface area is 163 Å². The lowest BCUT2D eigenvalue weighted by Gasteiger charge is -2.41. The third kappa shape index (κ3) is 2.96. The molecule has 2 N–H and O–H groups in total. The summed E-state index contributed by atoms with van der Waals surface area (Å²) in [4.78, 5) is 6.50. The number of fused-ring (bicyclic) bond motifs is 1. The molecule has 2 aromatic heterocycles. The Kier molecular flexibility index (Phi) is 4.75. The summed E-state index contributed by atoms with van der Waals surface area (Å²) >= 11 is 6.50. The number of nitriles is 1. The molecular weight excluding hydrogens is 364 g/mol. The summed E-state index contributed by atoms with van der Waals surface area (Å²) in [5, 5.41) is 28.4. The minimum absolute atomic E-state index is 0.0419. The maximum absolute atomic E-state index is 10.3. The summed E-state index contributed by atoms with van der Waals surface area (Å²) in [6.07, 6.45) is 6.21. The lowest BCUT2D eigenvalue weighted by molar-refractivity contribution is 0.0726. The Balaban J connectivity index is 1.74. The van der Waals surface area contributed by atoms with E-state index >= 15 is 0 Å². The Morgan fingerprint density at radius 1 is 1.48 bits per heavy atom. The molecule has 0 spiro atoms. The second-order valence-corrected chi connectivity index (χ2v) is 8.26. The van der Waals surface area contributed by atoms with Crippen molar-refractivity contribution in [3.63, 3.8) is 0 Å². The van der Waals surface area contributed by atoms with Gasteiger partial charge < -0.3 is 15.3 Å². The van der Waals surface area contributed by atoms with Crippen molar-refractivity contribution in [1.82, 2.24) is 19.5 Å². The van der Waals surface area contributed by atoms with Crippen LogP contribution in [-0.2, 0) is 5.41 Å². The van der Waals surface area contributed by atoms with Gasteiger partial charge in [-0.3, -0.25) is 0 Å². The van der Waals surface area contributed by atoms with Crippen LogP contribution in [0.5, 0.6) is 0 Å². The van der Waals surface area contributed by atoms with Crippen LogP contribution in [0.15, 0.2) is 6.20 Å². The maximum Gasteiger partial charge on any atom is 0.241 e. The van der Waals surface area contributed by atoms with E-state index in [0.29, 0.717) is 28.6 Å². The highest BCUT2D eigenvalue weighted by Crippen LogP contribution is 2.49. The van der Waals surface area contributed by atoms with Crippen LogP contribution in [0.1, 0.15) is 50.3 Å². The van der Waals surface area contributed by atoms with Crippen molar-refractivity contribution < 1.29 is 5.11 Å². The summed E-state index contributed by atoms with van der Waals surface area (Å²) in [7, 11) is 2.00. The molecule has 2 atom stereocenters. The van der Waals surface area contributed by atoms with E-state index in [9.17, 15) is 10.4 Å². The van der Waals surface area contributed by atoms with Gasteiger partial charge in [-0.2, -0.15) is 5.26 Å². The fraction of sp³-hybridized carbons (Fsp3) is 0.632. The number of hydrogen-bond acceptors (Lipinski definition) is 6. The summed E-state index contributed by atoms with van der Waals surface area (Å²) in [6, 6.07) is 2.20. The van der Waals surface area contributed by atoms with Crippen LogP contribution in [0.25, 0.3) is 5.52 Å². The van der Waals surface area contributed by atoms with Crippen LogP contribution in [0.2, 0.25) is 5.02 Å². The quantitative estimate of drug-likeness (QED) is 0.836. The highest BCUT2D eigenvalue weighted by atomic mass is 35.5. The zero-order chi connectivity index (χ0) is 19.2. The molecule has 4 rings (SSSR count). The average Bonchev–Trinajstić information content (AvgIpc) is 2.89. The van der Waals surface area contributed by atoms with Crippen LogP contribution in [0.4, 0.5) is 5.95 Å². The van der Waals surface area contributed by atoms with Crippen LogP contribution in [-0.4, -0.2) is 56.9 Å². The number of piperidine rings is 1. The van der Waals surface area contributed by atoms with Gasteiger partial charge in [-0.05, 0) is 39.3 Å². The number of β-amino-alcohol motifs (C(OH)–C–C–N with tert-alkyl or cyclic N) is 1. The van der Waals surface area contributed by atoms with Gasteiger partial charge in [0, 0.05) is 12.0 Å². The molecule has 27 heavy (non-hydrogen) atoms. The zero-order valence-electron chi connectivity index (χ0n) is 15.7. The summed E-state index contributed by atoms with van der Waals surface area (Å²) < 4.78 is 1.81. The molecule has 1 saturated heterocycles. The van der Waals surface area contributed by atoms with Crippen LogP contribution in [0, 0.1) is 11.3 Å². The van der Waals surface area contributed by atoms with Gasteiger partial charge in [0.1, 0.15) is 11.6 Å². The molecule has 0 amide bonds. The van der Waals surface area contributed by atoms with E-state index in [1.165, 1.54) is 0 Å². The predicted molar refractivity (Wildman–Crippen MR) is 104 cm³/mol. The number of likely N-dealkylation sites (tertiary alicyclic amines) is 1. The number of hydrogen-bond donors (Lipinski definition) is 2. The predicted octanol–water partition coefficient (Wildman–Crippen LogP) is 2.56. The normalized spacial score (nSPS) is 25.1. The molecule has 2 fully saturated rings. The van der Waals surface area contributed by atoms with E-state index in [-0.39, 0.29) is 11.5 Å². The van der Waals surface area contributed by atoms with Crippen LogP contribution >= 0.6 is 11.6 Å². The molecule has 2 aliphatic rings. The van der Waals surface area contributed by atoms with E-state index in [1.54, 1.807) is 10.7 Å². The number of halogens is 1. The van der Waals surface area contributed by atoms with E-state index in [4.69, 9.17) is 11.6 Å². The van der Waals surface area contributed by atoms with E-state index < -0.39 is 6.10 Å². The van der Waals surface area contributed by atoms with Gasteiger partial charge in [-0.25, -0.2) is 9.50 Å². The lowest BCUT2D eigenvalue weighted by Crippen LogP contribution is -2.48. The molecule has 1 aliphatic heterocycles. The monoisotopic (exact) mass is 388 g/mol. The topological polar surface area (TPSA) is 89.5 Å². The summed E-state index contributed by atoms with van der Waals surface area (Å²) in [6.45, 7) is 3.69.